The van der Waals surface area contributed by atoms with Gasteiger partial charge in [0, 0.05) is 12.6 Å². The Kier molecular flexibility index (Phi) is 3.43. The number of rotatable bonds is 2. The number of amides is 1. The Morgan fingerprint density at radius 2 is 1.89 bits per heavy atom. The molecular weight excluding hydrogens is 256 g/mol. The number of hydrazone groups is 1. The van der Waals surface area contributed by atoms with Gasteiger partial charge >= 0.3 is 0 Å². The Bertz CT molecular complexity index is 528. The molecule has 0 saturated carbocycles. The average molecular weight is 269 g/mol. The van der Waals surface area contributed by atoms with E-state index in [2.05, 4.69) is 5.10 Å². The predicted molar refractivity (Wildman–Crippen MR) is 68.4 cm³/mol. The Morgan fingerprint density at radius 3 is 2.50 bits per heavy atom. The van der Waals surface area contributed by atoms with E-state index in [-0.39, 0.29) is 17.5 Å². The summed E-state index contributed by atoms with van der Waals surface area (Å²) in [4.78, 5) is 11.8. The van der Waals surface area contributed by atoms with Crippen molar-refractivity contribution in [2.45, 2.75) is 6.42 Å². The summed E-state index contributed by atoms with van der Waals surface area (Å²) in [7, 11) is 4.67. The molecule has 1 heterocycles. The molecule has 6 heteroatoms. The van der Waals surface area contributed by atoms with Gasteiger partial charge in [-0.2, -0.15) is 5.10 Å². The van der Waals surface area contributed by atoms with Crippen molar-refractivity contribution in [2.75, 3.05) is 21.3 Å². The first kappa shape index (κ1) is 12.7. The van der Waals surface area contributed by atoms with Gasteiger partial charge in [0.1, 0.15) is 0 Å². The number of fused-ring (bicyclic) bond motifs is 1. The van der Waals surface area contributed by atoms with Crippen molar-refractivity contribution in [3.05, 3.63) is 23.3 Å². The van der Waals surface area contributed by atoms with Crippen LogP contribution in [-0.2, 0) is 11.2 Å². The van der Waals surface area contributed by atoms with Crippen LogP contribution in [0.2, 0.25) is 0 Å². The molecule has 0 unspecified atom stereocenters. The molecule has 0 spiro atoms. The molecule has 1 aliphatic heterocycles. The van der Waals surface area contributed by atoms with Gasteiger partial charge in [-0.25, -0.2) is 5.01 Å². The second kappa shape index (κ2) is 4.86. The lowest BCUT2D eigenvalue weighted by atomic mass is 10.0. The van der Waals surface area contributed by atoms with Crippen molar-refractivity contribution >= 4 is 22.7 Å². The van der Waals surface area contributed by atoms with E-state index >= 15 is 0 Å². The Hall–Kier alpha value is -1.75. The molecule has 0 atom stereocenters. The normalized spacial score (nSPS) is 14.8. The van der Waals surface area contributed by atoms with Crippen molar-refractivity contribution in [1.82, 2.24) is 5.01 Å². The number of hydrogen-bond donors (Lipinski definition) is 0. The number of methoxy groups -OCH3 is 2. The van der Waals surface area contributed by atoms with Crippen LogP contribution in [0.3, 0.4) is 0 Å². The summed E-state index contributed by atoms with van der Waals surface area (Å²) in [6.45, 7) is 0. The minimum absolute atomic E-state index is 0.126. The average Bonchev–Trinajstić information content (AvgIpc) is 2.46. The van der Waals surface area contributed by atoms with E-state index < -0.39 is 0 Å². The van der Waals surface area contributed by atoms with Gasteiger partial charge in [-0.05, 0) is 17.7 Å². The number of likely N-dealkylation sites (N-methyl/N-ethyl adjacent to an activating group) is 1. The van der Waals surface area contributed by atoms with E-state index in [1.807, 2.05) is 0 Å². The number of halogens is 1. The van der Waals surface area contributed by atoms with E-state index in [9.17, 15) is 4.79 Å². The molecule has 1 aromatic carbocycles. The summed E-state index contributed by atoms with van der Waals surface area (Å²) >= 11 is 6.10. The van der Waals surface area contributed by atoms with E-state index in [1.54, 1.807) is 33.4 Å². The Labute approximate surface area is 110 Å². The second-order valence-corrected chi connectivity index (χ2v) is 4.21. The van der Waals surface area contributed by atoms with Crippen LogP contribution in [-0.4, -0.2) is 37.4 Å². The molecule has 0 saturated heterocycles. The molecule has 96 valence electrons. The smallest absolute Gasteiger partial charge is 0.246 e. The van der Waals surface area contributed by atoms with Crippen LogP contribution < -0.4 is 9.47 Å². The van der Waals surface area contributed by atoms with Crippen molar-refractivity contribution in [2.24, 2.45) is 5.10 Å². The van der Waals surface area contributed by atoms with Crippen molar-refractivity contribution in [3.63, 3.8) is 0 Å². The molecule has 0 aromatic heterocycles. The van der Waals surface area contributed by atoms with E-state index in [4.69, 9.17) is 21.1 Å². The van der Waals surface area contributed by atoms with Crippen molar-refractivity contribution in [3.8, 4) is 11.5 Å². The fourth-order valence-electron chi connectivity index (χ4n) is 1.78. The zero-order valence-electron chi connectivity index (χ0n) is 10.4. The lowest BCUT2D eigenvalue weighted by molar-refractivity contribution is -0.129. The molecule has 0 radical (unpaired) electrons. The minimum atomic E-state index is -0.126. The number of nitrogens with zero attached hydrogens (tertiary/aromatic N) is 2. The maximum atomic E-state index is 11.8. The summed E-state index contributed by atoms with van der Waals surface area (Å²) in [6, 6.07) is 3.48. The second-order valence-electron chi connectivity index (χ2n) is 3.85. The Balaban J connectivity index is 2.60. The van der Waals surface area contributed by atoms with E-state index in [0.29, 0.717) is 17.1 Å². The molecule has 5 nitrogen and oxygen atoms in total. The highest BCUT2D eigenvalue weighted by atomic mass is 35.5. The SMILES string of the molecule is COc1cc2c(cc1OC)C(Cl)=NN(C)C(=O)C2. The summed E-state index contributed by atoms with van der Waals surface area (Å²) in [5.74, 6) is 0.999. The summed E-state index contributed by atoms with van der Waals surface area (Å²) in [5.41, 5.74) is 1.46. The van der Waals surface area contributed by atoms with Crippen LogP contribution >= 0.6 is 11.6 Å². The zero-order valence-corrected chi connectivity index (χ0v) is 11.1. The van der Waals surface area contributed by atoms with Crippen LogP contribution in [0.1, 0.15) is 11.1 Å². The maximum absolute atomic E-state index is 11.8. The van der Waals surface area contributed by atoms with Crippen LogP contribution in [0.25, 0.3) is 0 Å². The largest absolute Gasteiger partial charge is 0.493 e. The highest BCUT2D eigenvalue weighted by molar-refractivity contribution is 6.69. The van der Waals surface area contributed by atoms with Crippen molar-refractivity contribution in [1.29, 1.82) is 0 Å². The number of carbonyl (C=O) groups excluding carboxylic acids is 1. The molecule has 0 N–H and O–H groups in total. The quantitative estimate of drug-likeness (QED) is 0.819. The van der Waals surface area contributed by atoms with Gasteiger partial charge in [-0.15, -0.1) is 0 Å². The standard InChI is InChI=1S/C12H13ClN2O3/c1-15-11(16)5-7-4-9(17-2)10(18-3)6-8(7)12(13)14-15/h4,6H,5H2,1-3H3. The third-order valence-corrected chi connectivity index (χ3v) is 3.05. The monoisotopic (exact) mass is 268 g/mol. The summed E-state index contributed by atoms with van der Waals surface area (Å²) < 4.78 is 10.4. The van der Waals surface area contributed by atoms with Crippen LogP contribution in [0.15, 0.2) is 17.2 Å². The number of ether oxygens (including phenoxy) is 2. The molecule has 1 aliphatic rings. The highest BCUT2D eigenvalue weighted by Crippen LogP contribution is 2.32. The van der Waals surface area contributed by atoms with Crippen molar-refractivity contribution < 1.29 is 14.3 Å². The molecular formula is C12H13ClN2O3. The van der Waals surface area contributed by atoms with Gasteiger partial charge in [-0.1, -0.05) is 11.6 Å². The molecule has 18 heavy (non-hydrogen) atoms. The maximum Gasteiger partial charge on any atom is 0.246 e. The van der Waals surface area contributed by atoms with E-state index in [1.165, 1.54) is 5.01 Å². The molecule has 1 amide bonds. The van der Waals surface area contributed by atoms with Gasteiger partial charge in [0.05, 0.1) is 20.6 Å². The molecule has 0 fully saturated rings. The Morgan fingerprint density at radius 1 is 1.28 bits per heavy atom. The summed E-state index contributed by atoms with van der Waals surface area (Å²) in [5, 5.41) is 5.50. The number of hydrogen-bond acceptors (Lipinski definition) is 4. The topological polar surface area (TPSA) is 51.1 Å². The van der Waals surface area contributed by atoms with Gasteiger partial charge in [0.15, 0.2) is 16.7 Å². The first-order valence-electron chi connectivity index (χ1n) is 5.32. The highest BCUT2D eigenvalue weighted by Gasteiger charge is 2.22. The first-order chi connectivity index (χ1) is 8.56. The lowest BCUT2D eigenvalue weighted by Gasteiger charge is -2.11. The zero-order chi connectivity index (χ0) is 13.3. The predicted octanol–water partition coefficient (Wildman–Crippen LogP) is 1.62. The molecule has 1 aromatic rings. The minimum Gasteiger partial charge on any atom is -0.493 e. The fraction of sp³-hybridized carbons (Fsp3) is 0.333. The number of benzene rings is 1. The lowest BCUT2D eigenvalue weighted by Crippen LogP contribution is -2.21. The van der Waals surface area contributed by atoms with Crippen LogP contribution in [0, 0.1) is 0 Å². The third kappa shape index (κ3) is 2.13. The molecule has 2 rings (SSSR count). The fourth-order valence-corrected chi connectivity index (χ4v) is 2.07. The van der Waals surface area contributed by atoms with Crippen LogP contribution in [0.4, 0.5) is 0 Å². The van der Waals surface area contributed by atoms with Gasteiger partial charge in [0.25, 0.3) is 0 Å². The number of carbonyl (C=O) groups is 1. The molecule has 0 bridgehead atoms. The third-order valence-electron chi connectivity index (χ3n) is 2.77. The first-order valence-corrected chi connectivity index (χ1v) is 5.70. The summed E-state index contributed by atoms with van der Waals surface area (Å²) in [6.07, 6.45) is 0.228. The van der Waals surface area contributed by atoms with E-state index in [0.717, 1.165) is 5.56 Å². The molecule has 0 aliphatic carbocycles. The van der Waals surface area contributed by atoms with Gasteiger partial charge in [-0.3, -0.25) is 4.79 Å². The van der Waals surface area contributed by atoms with Gasteiger partial charge < -0.3 is 9.47 Å². The van der Waals surface area contributed by atoms with Gasteiger partial charge in [0.2, 0.25) is 5.91 Å². The van der Waals surface area contributed by atoms with Crippen LogP contribution in [0.5, 0.6) is 11.5 Å².